The van der Waals surface area contributed by atoms with Gasteiger partial charge in [0.05, 0.1) is 7.11 Å². The van der Waals surface area contributed by atoms with Crippen molar-refractivity contribution in [2.75, 3.05) is 32.1 Å². The minimum atomic E-state index is -0.0361. The third kappa shape index (κ3) is 7.83. The van der Waals surface area contributed by atoms with Crippen LogP contribution < -0.4 is 14.8 Å². The van der Waals surface area contributed by atoms with E-state index in [2.05, 4.69) is 56.5 Å². The van der Waals surface area contributed by atoms with Gasteiger partial charge in [0.25, 0.3) is 0 Å². The highest BCUT2D eigenvalue weighted by Gasteiger charge is 2.23. The fourth-order valence-electron chi connectivity index (χ4n) is 4.74. The summed E-state index contributed by atoms with van der Waals surface area (Å²) in [6, 6.07) is 24.6. The second-order valence-electron chi connectivity index (χ2n) is 10.0. The Labute approximate surface area is 229 Å². The smallest absolute Gasteiger partial charge is 0.226 e. The Bertz CT molecular complexity index is 1140. The van der Waals surface area contributed by atoms with Crippen LogP contribution in [0.1, 0.15) is 56.3 Å². The predicted molar refractivity (Wildman–Crippen MR) is 153 cm³/mol. The van der Waals surface area contributed by atoms with E-state index in [4.69, 9.17) is 9.47 Å². The van der Waals surface area contributed by atoms with E-state index < -0.39 is 0 Å². The molecule has 5 nitrogen and oxygen atoms in total. The van der Waals surface area contributed by atoms with E-state index in [1.807, 2.05) is 56.3 Å². The number of methoxy groups -OCH3 is 1. The molecule has 1 saturated heterocycles. The maximum absolute atomic E-state index is 12.1. The number of carbonyl (C=O) groups is 1. The maximum atomic E-state index is 12.1. The van der Waals surface area contributed by atoms with Crippen molar-refractivity contribution in [1.82, 2.24) is 4.90 Å². The lowest BCUT2D eigenvalue weighted by atomic mass is 9.89. The van der Waals surface area contributed by atoms with Crippen LogP contribution in [0.15, 0.2) is 77.3 Å². The summed E-state index contributed by atoms with van der Waals surface area (Å²) < 4.78 is 12.8. The van der Waals surface area contributed by atoms with Gasteiger partial charge in [-0.15, -0.1) is 0 Å². The van der Waals surface area contributed by atoms with Gasteiger partial charge in [0.15, 0.2) is 0 Å². The van der Waals surface area contributed by atoms with E-state index in [9.17, 15) is 4.79 Å². The molecule has 0 aromatic heterocycles. The molecule has 4 rings (SSSR count). The normalized spacial score (nSPS) is 15.4. The number of ether oxygens (including phenoxy) is 2. The van der Waals surface area contributed by atoms with Gasteiger partial charge in [-0.1, -0.05) is 54.0 Å². The number of nitrogens with one attached hydrogen (secondary N) is 1. The summed E-state index contributed by atoms with van der Waals surface area (Å²) in [4.78, 5) is 14.6. The number of carbonyl (C=O) groups excluding carboxylic acids is 1. The van der Waals surface area contributed by atoms with E-state index in [1.165, 1.54) is 5.56 Å². The summed E-state index contributed by atoms with van der Waals surface area (Å²) in [7, 11) is 1.69. The highest BCUT2D eigenvalue weighted by molar-refractivity contribution is 9.10. The largest absolute Gasteiger partial charge is 0.497 e. The van der Waals surface area contributed by atoms with Gasteiger partial charge >= 0.3 is 0 Å². The lowest BCUT2D eigenvalue weighted by Crippen LogP contribution is -2.34. The molecule has 1 amide bonds. The minimum absolute atomic E-state index is 0.0265. The summed E-state index contributed by atoms with van der Waals surface area (Å²) in [5.41, 5.74) is 3.36. The van der Waals surface area contributed by atoms with Crippen LogP contribution in [0.2, 0.25) is 0 Å². The molecule has 37 heavy (non-hydrogen) atoms. The first kappa shape index (κ1) is 27.2. The molecule has 3 aromatic carbocycles. The van der Waals surface area contributed by atoms with Crippen molar-refractivity contribution in [2.45, 2.75) is 45.1 Å². The fourth-order valence-corrected chi connectivity index (χ4v) is 5.00. The number of halogens is 1. The number of nitrogens with zero attached hydrogens (tertiary/aromatic N) is 1. The van der Waals surface area contributed by atoms with Crippen LogP contribution in [0, 0.1) is 5.92 Å². The minimum Gasteiger partial charge on any atom is -0.497 e. The van der Waals surface area contributed by atoms with Crippen molar-refractivity contribution in [3.63, 3.8) is 0 Å². The number of anilines is 1. The lowest BCUT2D eigenvalue weighted by Gasteiger charge is -2.33. The molecule has 1 unspecified atom stereocenters. The third-order valence-electron chi connectivity index (χ3n) is 7.02. The Hall–Kier alpha value is -2.83. The van der Waals surface area contributed by atoms with E-state index in [0.29, 0.717) is 5.92 Å². The second-order valence-corrected chi connectivity index (χ2v) is 10.9. The van der Waals surface area contributed by atoms with Crippen LogP contribution in [0.25, 0.3) is 0 Å². The van der Waals surface area contributed by atoms with Crippen LogP contribution in [-0.2, 0) is 4.79 Å². The van der Waals surface area contributed by atoms with Crippen molar-refractivity contribution in [1.29, 1.82) is 0 Å². The molecule has 3 aromatic rings. The number of hydrogen-bond donors (Lipinski definition) is 1. The molecular formula is C31H37BrN2O3. The highest BCUT2D eigenvalue weighted by atomic mass is 79.9. The predicted octanol–water partition coefficient (Wildman–Crippen LogP) is 7.44. The molecule has 1 atom stereocenters. The van der Waals surface area contributed by atoms with Gasteiger partial charge in [-0.05, 0) is 91.5 Å². The molecule has 0 saturated carbocycles. The van der Waals surface area contributed by atoms with Gasteiger partial charge < -0.3 is 19.7 Å². The maximum Gasteiger partial charge on any atom is 0.226 e. The van der Waals surface area contributed by atoms with E-state index >= 15 is 0 Å². The number of likely N-dealkylation sites (tertiary alicyclic amines) is 1. The molecule has 0 radical (unpaired) electrons. The van der Waals surface area contributed by atoms with Crippen molar-refractivity contribution >= 4 is 27.5 Å². The van der Waals surface area contributed by atoms with Gasteiger partial charge in [-0.25, -0.2) is 0 Å². The van der Waals surface area contributed by atoms with Gasteiger partial charge in [0.2, 0.25) is 5.91 Å². The second kappa shape index (κ2) is 13.1. The average Bonchev–Trinajstić information content (AvgIpc) is 2.92. The summed E-state index contributed by atoms with van der Waals surface area (Å²) in [5.74, 6) is 2.27. The Morgan fingerprint density at radius 2 is 1.68 bits per heavy atom. The van der Waals surface area contributed by atoms with E-state index in [-0.39, 0.29) is 17.9 Å². The van der Waals surface area contributed by atoms with E-state index in [0.717, 1.165) is 66.1 Å². The highest BCUT2D eigenvalue weighted by Crippen LogP contribution is 2.32. The number of hydrogen-bond acceptors (Lipinski definition) is 4. The van der Waals surface area contributed by atoms with Gasteiger partial charge in [-0.2, -0.15) is 0 Å². The van der Waals surface area contributed by atoms with Crippen molar-refractivity contribution in [3.8, 4) is 11.5 Å². The van der Waals surface area contributed by atoms with Crippen LogP contribution in [0.3, 0.4) is 0 Å². The number of piperidine rings is 1. The summed E-state index contributed by atoms with van der Waals surface area (Å²) in [6.07, 6.45) is 3.10. The molecule has 196 valence electrons. The zero-order valence-corrected chi connectivity index (χ0v) is 23.5. The summed E-state index contributed by atoms with van der Waals surface area (Å²) >= 11 is 3.50. The monoisotopic (exact) mass is 564 g/mol. The zero-order valence-electron chi connectivity index (χ0n) is 22.0. The standard InChI is InChI=1S/C31H37BrN2O3/c1-22(2)31(35)33-27-6-4-5-25(21-27)23-15-18-34(19-16-23)20-17-30(24-7-11-28(36-3)12-8-24)37-29-13-9-26(32)10-14-29/h4-14,21-23,30H,15-20H2,1-3H3,(H,33,35). The molecule has 6 heteroatoms. The molecular weight excluding hydrogens is 528 g/mol. The van der Waals surface area contributed by atoms with Gasteiger partial charge in [-0.3, -0.25) is 4.79 Å². The van der Waals surface area contributed by atoms with Crippen molar-refractivity contribution < 1.29 is 14.3 Å². The molecule has 0 spiro atoms. The first-order valence-electron chi connectivity index (χ1n) is 13.1. The molecule has 1 N–H and O–H groups in total. The molecule has 0 aliphatic carbocycles. The topological polar surface area (TPSA) is 50.8 Å². The number of rotatable bonds is 10. The Kier molecular flexibility index (Phi) is 9.64. The Morgan fingerprint density at radius 3 is 2.32 bits per heavy atom. The first-order valence-corrected chi connectivity index (χ1v) is 13.9. The SMILES string of the molecule is COc1ccc(C(CCN2CCC(c3cccc(NC(=O)C(C)C)c3)CC2)Oc2ccc(Br)cc2)cc1. The quantitative estimate of drug-likeness (QED) is 0.278. The molecule has 0 bridgehead atoms. The Balaban J connectivity index is 1.35. The van der Waals surface area contributed by atoms with Crippen LogP contribution in [-0.4, -0.2) is 37.6 Å². The Morgan fingerprint density at radius 1 is 1.00 bits per heavy atom. The summed E-state index contributed by atoms with van der Waals surface area (Å²) in [6.45, 7) is 6.92. The lowest BCUT2D eigenvalue weighted by molar-refractivity contribution is -0.118. The van der Waals surface area contributed by atoms with Crippen molar-refractivity contribution in [3.05, 3.63) is 88.4 Å². The first-order chi connectivity index (χ1) is 17.9. The van der Waals surface area contributed by atoms with Crippen LogP contribution in [0.5, 0.6) is 11.5 Å². The summed E-state index contributed by atoms with van der Waals surface area (Å²) in [5, 5.41) is 3.03. The zero-order chi connectivity index (χ0) is 26.2. The molecule has 1 aliphatic heterocycles. The van der Waals surface area contributed by atoms with Crippen molar-refractivity contribution in [2.24, 2.45) is 5.92 Å². The van der Waals surface area contributed by atoms with Crippen LogP contribution >= 0.6 is 15.9 Å². The molecule has 1 fully saturated rings. The van der Waals surface area contributed by atoms with Gasteiger partial charge in [0, 0.05) is 29.0 Å². The molecule has 1 aliphatic rings. The van der Waals surface area contributed by atoms with E-state index in [1.54, 1.807) is 7.11 Å². The van der Waals surface area contributed by atoms with Gasteiger partial charge in [0.1, 0.15) is 17.6 Å². The number of benzene rings is 3. The molecule has 1 heterocycles. The third-order valence-corrected chi connectivity index (χ3v) is 7.55. The average molecular weight is 566 g/mol. The van der Waals surface area contributed by atoms with Crippen LogP contribution in [0.4, 0.5) is 5.69 Å². The fraction of sp³-hybridized carbons (Fsp3) is 0.387. The number of amides is 1.